The van der Waals surface area contributed by atoms with Crippen LogP contribution in [-0.2, 0) is 0 Å². The summed E-state index contributed by atoms with van der Waals surface area (Å²) in [7, 11) is 1.65. The molecule has 3 heteroatoms. The van der Waals surface area contributed by atoms with Crippen LogP contribution < -0.4 is 10.1 Å². The Hall–Kier alpha value is -0.730. The Kier molecular flexibility index (Phi) is 7.25. The quantitative estimate of drug-likeness (QED) is 0.738. The second-order valence-corrected chi connectivity index (χ2v) is 5.31. The predicted octanol–water partition coefficient (Wildman–Crippen LogP) is 4.83. The van der Waals surface area contributed by atoms with E-state index in [2.05, 4.69) is 32.2 Å². The average Bonchev–Trinajstić information content (AvgIpc) is 2.43. The molecule has 0 saturated heterocycles. The molecule has 0 bridgehead atoms. The molecule has 1 atom stereocenters. The number of hydrogen-bond donors (Lipinski definition) is 1. The molecule has 19 heavy (non-hydrogen) atoms. The van der Waals surface area contributed by atoms with E-state index in [-0.39, 0.29) is 0 Å². The standard InChI is InChI=1S/C16H26ClNO/c1-5-10-18-16(12(6-2)7-3)13-8-9-15(19-4)14(17)11-13/h8-9,11-12,16,18H,5-7,10H2,1-4H3. The number of nitrogens with one attached hydrogen (secondary N) is 1. The first-order chi connectivity index (χ1) is 9.17. The molecular weight excluding hydrogens is 258 g/mol. The molecule has 0 amide bonds. The molecule has 0 aliphatic carbocycles. The van der Waals surface area contributed by atoms with E-state index >= 15 is 0 Å². The van der Waals surface area contributed by atoms with Crippen LogP contribution in [0.4, 0.5) is 0 Å². The average molecular weight is 284 g/mol. The van der Waals surface area contributed by atoms with E-state index in [0.717, 1.165) is 18.7 Å². The molecule has 0 aliphatic rings. The summed E-state index contributed by atoms with van der Waals surface area (Å²) in [5.74, 6) is 1.38. The molecule has 1 N–H and O–H groups in total. The molecule has 1 aromatic rings. The summed E-state index contributed by atoms with van der Waals surface area (Å²) < 4.78 is 5.22. The smallest absolute Gasteiger partial charge is 0.137 e. The SMILES string of the molecule is CCCNC(c1ccc(OC)c(Cl)c1)C(CC)CC. The highest BCUT2D eigenvalue weighted by molar-refractivity contribution is 6.32. The monoisotopic (exact) mass is 283 g/mol. The largest absolute Gasteiger partial charge is 0.495 e. The topological polar surface area (TPSA) is 21.3 Å². The van der Waals surface area contributed by atoms with Crippen LogP contribution in [0.3, 0.4) is 0 Å². The Morgan fingerprint density at radius 3 is 2.37 bits per heavy atom. The van der Waals surface area contributed by atoms with Gasteiger partial charge in [-0.15, -0.1) is 0 Å². The van der Waals surface area contributed by atoms with Gasteiger partial charge in [0.15, 0.2) is 0 Å². The van der Waals surface area contributed by atoms with E-state index in [4.69, 9.17) is 16.3 Å². The fourth-order valence-electron chi connectivity index (χ4n) is 2.49. The molecule has 0 spiro atoms. The van der Waals surface area contributed by atoms with Crippen molar-refractivity contribution in [3.8, 4) is 5.75 Å². The molecule has 0 aliphatic heterocycles. The minimum absolute atomic E-state index is 0.373. The van der Waals surface area contributed by atoms with Gasteiger partial charge in [-0.05, 0) is 36.6 Å². The first-order valence-electron chi connectivity index (χ1n) is 7.24. The Morgan fingerprint density at radius 2 is 1.89 bits per heavy atom. The van der Waals surface area contributed by atoms with Gasteiger partial charge in [-0.25, -0.2) is 0 Å². The number of rotatable bonds is 8. The first kappa shape index (κ1) is 16.3. The molecule has 0 saturated carbocycles. The lowest BCUT2D eigenvalue weighted by atomic mass is 9.88. The Bertz CT molecular complexity index is 377. The van der Waals surface area contributed by atoms with Gasteiger partial charge in [-0.3, -0.25) is 0 Å². The summed E-state index contributed by atoms with van der Waals surface area (Å²) in [6.07, 6.45) is 3.48. The van der Waals surface area contributed by atoms with E-state index in [9.17, 15) is 0 Å². The van der Waals surface area contributed by atoms with Crippen molar-refractivity contribution >= 4 is 11.6 Å². The maximum atomic E-state index is 6.25. The van der Waals surface area contributed by atoms with E-state index in [1.54, 1.807) is 7.11 Å². The summed E-state index contributed by atoms with van der Waals surface area (Å²) >= 11 is 6.25. The maximum absolute atomic E-state index is 6.25. The normalized spacial score (nSPS) is 12.7. The van der Waals surface area contributed by atoms with E-state index in [1.165, 1.54) is 18.4 Å². The van der Waals surface area contributed by atoms with Crippen molar-refractivity contribution in [1.29, 1.82) is 0 Å². The lowest BCUT2D eigenvalue weighted by molar-refractivity contribution is 0.341. The summed E-state index contributed by atoms with van der Waals surface area (Å²) in [5.41, 5.74) is 1.26. The zero-order valence-corrected chi connectivity index (χ0v) is 13.3. The van der Waals surface area contributed by atoms with E-state index in [0.29, 0.717) is 17.0 Å². The highest BCUT2D eigenvalue weighted by atomic mass is 35.5. The lowest BCUT2D eigenvalue weighted by Gasteiger charge is -2.27. The molecule has 0 radical (unpaired) electrons. The highest BCUT2D eigenvalue weighted by Crippen LogP contribution is 2.32. The molecule has 1 rings (SSSR count). The van der Waals surface area contributed by atoms with Gasteiger partial charge < -0.3 is 10.1 Å². The minimum Gasteiger partial charge on any atom is -0.495 e. The van der Waals surface area contributed by atoms with E-state index in [1.807, 2.05) is 12.1 Å². The summed E-state index contributed by atoms with van der Waals surface area (Å²) in [4.78, 5) is 0. The summed E-state index contributed by atoms with van der Waals surface area (Å²) in [6.45, 7) is 7.72. The van der Waals surface area contributed by atoms with Gasteiger partial charge in [-0.1, -0.05) is 51.3 Å². The Labute approximate surface area is 122 Å². The van der Waals surface area contributed by atoms with Gasteiger partial charge in [0, 0.05) is 6.04 Å². The number of ether oxygens (including phenoxy) is 1. The van der Waals surface area contributed by atoms with Crippen LogP contribution in [0.15, 0.2) is 18.2 Å². The van der Waals surface area contributed by atoms with Gasteiger partial charge in [-0.2, -0.15) is 0 Å². The van der Waals surface area contributed by atoms with Crippen molar-refractivity contribution in [2.24, 2.45) is 5.92 Å². The minimum atomic E-state index is 0.373. The van der Waals surface area contributed by atoms with Crippen LogP contribution >= 0.6 is 11.6 Å². The first-order valence-corrected chi connectivity index (χ1v) is 7.62. The fourth-order valence-corrected chi connectivity index (χ4v) is 2.76. The fraction of sp³-hybridized carbons (Fsp3) is 0.625. The molecule has 0 heterocycles. The molecule has 0 fully saturated rings. The molecule has 2 nitrogen and oxygen atoms in total. The van der Waals surface area contributed by atoms with Crippen LogP contribution in [0.25, 0.3) is 0 Å². The lowest BCUT2D eigenvalue weighted by Crippen LogP contribution is -2.28. The van der Waals surface area contributed by atoms with Gasteiger partial charge in [0.25, 0.3) is 0 Å². The second kappa shape index (κ2) is 8.44. The van der Waals surface area contributed by atoms with E-state index < -0.39 is 0 Å². The number of hydrogen-bond acceptors (Lipinski definition) is 2. The molecule has 108 valence electrons. The van der Waals surface area contributed by atoms with Crippen molar-refractivity contribution in [2.75, 3.05) is 13.7 Å². The predicted molar refractivity (Wildman–Crippen MR) is 83.1 cm³/mol. The highest BCUT2D eigenvalue weighted by Gasteiger charge is 2.20. The third kappa shape index (κ3) is 4.39. The van der Waals surface area contributed by atoms with Gasteiger partial charge in [0.05, 0.1) is 12.1 Å². The van der Waals surface area contributed by atoms with Gasteiger partial charge >= 0.3 is 0 Å². The maximum Gasteiger partial charge on any atom is 0.137 e. The van der Waals surface area contributed by atoms with Crippen molar-refractivity contribution in [2.45, 2.75) is 46.1 Å². The van der Waals surface area contributed by atoms with Crippen molar-refractivity contribution < 1.29 is 4.74 Å². The molecular formula is C16H26ClNO. The van der Waals surface area contributed by atoms with Crippen LogP contribution in [0, 0.1) is 5.92 Å². The summed E-state index contributed by atoms with van der Waals surface area (Å²) in [5, 5.41) is 4.34. The van der Waals surface area contributed by atoms with Crippen molar-refractivity contribution in [1.82, 2.24) is 5.32 Å². The zero-order chi connectivity index (χ0) is 14.3. The van der Waals surface area contributed by atoms with Crippen molar-refractivity contribution in [3.63, 3.8) is 0 Å². The molecule has 1 unspecified atom stereocenters. The Balaban J connectivity index is 2.98. The van der Waals surface area contributed by atoms with Crippen LogP contribution in [0.2, 0.25) is 5.02 Å². The number of methoxy groups -OCH3 is 1. The second-order valence-electron chi connectivity index (χ2n) is 4.90. The zero-order valence-electron chi connectivity index (χ0n) is 12.5. The number of halogens is 1. The van der Waals surface area contributed by atoms with Crippen molar-refractivity contribution in [3.05, 3.63) is 28.8 Å². The Morgan fingerprint density at radius 1 is 1.21 bits per heavy atom. The third-order valence-electron chi connectivity index (χ3n) is 3.67. The van der Waals surface area contributed by atoms with Gasteiger partial charge in [0.1, 0.15) is 5.75 Å². The third-order valence-corrected chi connectivity index (χ3v) is 3.96. The van der Waals surface area contributed by atoms with Crippen LogP contribution in [0.5, 0.6) is 5.75 Å². The van der Waals surface area contributed by atoms with Gasteiger partial charge in [0.2, 0.25) is 0 Å². The van der Waals surface area contributed by atoms with Crippen LogP contribution in [0.1, 0.15) is 51.6 Å². The summed E-state index contributed by atoms with van der Waals surface area (Å²) in [6, 6.07) is 6.49. The number of benzene rings is 1. The molecule has 1 aromatic carbocycles. The van der Waals surface area contributed by atoms with Crippen LogP contribution in [-0.4, -0.2) is 13.7 Å². The molecule has 0 aromatic heterocycles.